The maximum absolute atomic E-state index is 14.1. The second kappa shape index (κ2) is 10.7. The number of rotatable bonds is 6. The van der Waals surface area contributed by atoms with Gasteiger partial charge in [-0.25, -0.2) is 9.69 Å². The van der Waals surface area contributed by atoms with Crippen LogP contribution in [0.1, 0.15) is 48.9 Å². The number of ketones is 1. The van der Waals surface area contributed by atoms with Crippen molar-refractivity contribution in [2.75, 3.05) is 11.5 Å². The van der Waals surface area contributed by atoms with Gasteiger partial charge in [0.2, 0.25) is 11.8 Å². The van der Waals surface area contributed by atoms with E-state index >= 15 is 0 Å². The molecule has 3 aliphatic carbocycles. The zero-order chi connectivity index (χ0) is 31.6. The highest BCUT2D eigenvalue weighted by Gasteiger charge is 2.67. The van der Waals surface area contributed by atoms with Crippen LogP contribution in [0, 0.1) is 11.8 Å². The van der Waals surface area contributed by atoms with Crippen LogP contribution in [0.3, 0.4) is 0 Å². The highest BCUT2D eigenvalue weighted by atomic mass is 79.9. The number of esters is 1. The molecule has 5 aromatic rings. The molecule has 0 radical (unpaired) electrons. The lowest BCUT2D eigenvalue weighted by Crippen LogP contribution is -2.50. The van der Waals surface area contributed by atoms with Crippen LogP contribution in [0.4, 0.5) is 5.69 Å². The Morgan fingerprint density at radius 1 is 0.652 bits per heavy atom. The van der Waals surface area contributed by atoms with Gasteiger partial charge in [-0.2, -0.15) is 0 Å². The molecule has 6 nitrogen and oxygen atoms in total. The van der Waals surface area contributed by atoms with Gasteiger partial charge >= 0.3 is 5.97 Å². The quantitative estimate of drug-likeness (QED) is 0.0822. The van der Waals surface area contributed by atoms with E-state index in [4.69, 9.17) is 4.74 Å². The van der Waals surface area contributed by atoms with Gasteiger partial charge in [-0.1, -0.05) is 119 Å². The van der Waals surface area contributed by atoms with Crippen LogP contribution in [0.25, 0.3) is 11.1 Å². The van der Waals surface area contributed by atoms with E-state index < -0.39 is 28.7 Å². The minimum Gasteiger partial charge on any atom is -0.454 e. The van der Waals surface area contributed by atoms with E-state index in [0.717, 1.165) is 33.4 Å². The van der Waals surface area contributed by atoms with Crippen molar-refractivity contribution in [3.8, 4) is 11.1 Å². The van der Waals surface area contributed by atoms with Gasteiger partial charge in [0, 0.05) is 11.5 Å². The van der Waals surface area contributed by atoms with E-state index in [1.807, 2.05) is 91.0 Å². The number of hydrogen-bond donors (Lipinski definition) is 0. The van der Waals surface area contributed by atoms with Gasteiger partial charge in [0.25, 0.3) is 0 Å². The summed E-state index contributed by atoms with van der Waals surface area (Å²) < 4.78 is 4.49. The summed E-state index contributed by atoms with van der Waals surface area (Å²) in [7, 11) is 0. The summed E-state index contributed by atoms with van der Waals surface area (Å²) in [5, 5.41) is 0. The molecule has 0 saturated carbocycles. The summed E-state index contributed by atoms with van der Waals surface area (Å²) in [6.07, 6.45) is 0. The first-order chi connectivity index (χ1) is 22.4. The average Bonchev–Trinajstić information content (AvgIpc) is 3.38. The first kappa shape index (κ1) is 28.3. The molecule has 2 bridgehead atoms. The lowest BCUT2D eigenvalue weighted by atomic mass is 9.55. The number of imide groups is 1. The van der Waals surface area contributed by atoms with E-state index in [0.29, 0.717) is 11.3 Å². The molecule has 224 valence electrons. The fourth-order valence-electron chi connectivity index (χ4n) is 7.46. The summed E-state index contributed by atoms with van der Waals surface area (Å²) in [6, 6.07) is 39.2. The van der Waals surface area contributed by atoms with Crippen molar-refractivity contribution < 1.29 is 23.9 Å². The van der Waals surface area contributed by atoms with Crippen molar-refractivity contribution in [1.29, 1.82) is 0 Å². The van der Waals surface area contributed by atoms with Crippen molar-refractivity contribution >= 4 is 45.2 Å². The number of halogens is 1. The van der Waals surface area contributed by atoms with Crippen LogP contribution >= 0.6 is 15.9 Å². The van der Waals surface area contributed by atoms with Crippen LogP contribution in [0.5, 0.6) is 0 Å². The van der Waals surface area contributed by atoms with Crippen LogP contribution < -0.4 is 4.90 Å². The molecule has 1 fully saturated rings. The lowest BCUT2D eigenvalue weighted by Gasteiger charge is -2.51. The Hall–Kier alpha value is -5.14. The number of benzene rings is 5. The average molecular weight is 669 g/mol. The first-order valence-electron chi connectivity index (χ1n) is 15.1. The third-order valence-electron chi connectivity index (χ3n) is 9.52. The second-order valence-corrected chi connectivity index (χ2v) is 13.1. The number of ether oxygens (including phenoxy) is 1. The van der Waals surface area contributed by atoms with Gasteiger partial charge in [-0.05, 0) is 57.6 Å². The van der Waals surface area contributed by atoms with Gasteiger partial charge in [0.05, 0.1) is 27.4 Å². The zero-order valence-electron chi connectivity index (χ0n) is 24.4. The van der Waals surface area contributed by atoms with Crippen molar-refractivity contribution in [1.82, 2.24) is 0 Å². The summed E-state index contributed by atoms with van der Waals surface area (Å²) in [5.74, 6) is -2.94. The number of carbonyl (C=O) groups is 4. The van der Waals surface area contributed by atoms with E-state index in [1.54, 1.807) is 24.3 Å². The molecule has 2 amide bonds. The molecule has 0 aromatic heterocycles. The smallest absolute Gasteiger partial charge is 0.338 e. The van der Waals surface area contributed by atoms with Crippen LogP contribution in [0.15, 0.2) is 127 Å². The van der Waals surface area contributed by atoms with Gasteiger partial charge < -0.3 is 4.74 Å². The minimum atomic E-state index is -0.834. The van der Waals surface area contributed by atoms with E-state index in [-0.39, 0.29) is 29.1 Å². The number of Topliss-reactive ketones (excluding diaryl/α,β-unsaturated/α-hetero) is 1. The molecule has 1 saturated heterocycles. The molecule has 46 heavy (non-hydrogen) atoms. The Balaban J connectivity index is 0.996. The Labute approximate surface area is 273 Å². The Kier molecular flexibility index (Phi) is 6.62. The highest BCUT2D eigenvalue weighted by Crippen LogP contribution is 2.66. The van der Waals surface area contributed by atoms with E-state index in [9.17, 15) is 19.2 Å². The molecule has 1 aliphatic heterocycles. The van der Waals surface area contributed by atoms with Crippen LogP contribution in [0.2, 0.25) is 0 Å². The number of nitrogens with zero attached hydrogens (tertiary/aromatic N) is 1. The molecule has 0 N–H and O–H groups in total. The molecule has 9 rings (SSSR count). The van der Waals surface area contributed by atoms with Crippen LogP contribution in [-0.2, 0) is 18.7 Å². The molecule has 4 aliphatic rings. The third kappa shape index (κ3) is 4.15. The number of hydrogen-bond acceptors (Lipinski definition) is 5. The molecule has 7 heteroatoms. The first-order valence-corrected chi connectivity index (χ1v) is 15.9. The Bertz CT molecular complexity index is 2010. The minimum absolute atomic E-state index is 0.212. The largest absolute Gasteiger partial charge is 0.454 e. The van der Waals surface area contributed by atoms with Crippen molar-refractivity contribution in [2.45, 2.75) is 10.2 Å². The number of alkyl halides is 1. The molecule has 1 heterocycles. The molecular formula is C39H26BrNO5. The summed E-state index contributed by atoms with van der Waals surface area (Å²) in [6.45, 7) is -0.409. The highest BCUT2D eigenvalue weighted by molar-refractivity contribution is 9.09. The normalized spacial score (nSPS) is 22.2. The fraction of sp³-hybridized carbons (Fsp3) is 0.128. The Morgan fingerprint density at radius 2 is 1.20 bits per heavy atom. The Morgan fingerprint density at radius 3 is 1.83 bits per heavy atom. The summed E-state index contributed by atoms with van der Waals surface area (Å²) in [5.41, 5.74) is 7.22. The summed E-state index contributed by atoms with van der Waals surface area (Å²) in [4.78, 5) is 55.1. The molecule has 0 unspecified atom stereocenters. The van der Waals surface area contributed by atoms with E-state index in [1.165, 1.54) is 17.0 Å². The van der Waals surface area contributed by atoms with Gasteiger partial charge in [-0.15, -0.1) is 0 Å². The number of anilines is 1. The van der Waals surface area contributed by atoms with Gasteiger partial charge in [0.1, 0.15) is 0 Å². The fourth-order valence-corrected chi connectivity index (χ4v) is 8.66. The molecule has 0 spiro atoms. The topological polar surface area (TPSA) is 80.8 Å². The van der Waals surface area contributed by atoms with E-state index in [2.05, 4.69) is 15.9 Å². The third-order valence-corrected chi connectivity index (χ3v) is 10.9. The maximum Gasteiger partial charge on any atom is 0.338 e. The standard InChI is InChI=1S/C39H26BrNO5/c40-39-30-12-6-4-10-28(30)33(29-11-5-7-13-31(29)39)34-35(39)37(44)41(36(34)43)27-20-18-26(19-21-27)38(45)46-22-32(42)25-16-14-24(15-17-25)23-8-2-1-3-9-23/h1-21,33-35H,22H2/t33?,34-,35+,39?/m1/s1. The van der Waals surface area contributed by atoms with Gasteiger partial charge in [-0.3, -0.25) is 14.4 Å². The lowest BCUT2D eigenvalue weighted by molar-refractivity contribution is -0.122. The van der Waals surface area contributed by atoms with Crippen molar-refractivity contribution in [3.63, 3.8) is 0 Å². The van der Waals surface area contributed by atoms with Crippen molar-refractivity contribution in [3.05, 3.63) is 161 Å². The zero-order valence-corrected chi connectivity index (χ0v) is 26.0. The predicted molar refractivity (Wildman–Crippen MR) is 177 cm³/mol. The van der Waals surface area contributed by atoms with Gasteiger partial charge in [0.15, 0.2) is 12.4 Å². The van der Waals surface area contributed by atoms with Crippen molar-refractivity contribution in [2.24, 2.45) is 11.8 Å². The van der Waals surface area contributed by atoms with Crippen LogP contribution in [-0.4, -0.2) is 30.2 Å². The monoisotopic (exact) mass is 667 g/mol. The SMILES string of the molecule is O=C(COC(=O)c1ccc(N2C(=O)[C@@H]3C4c5ccccc5C(Br)(c5ccccc54)[C@@H]3C2=O)cc1)c1ccc(-c2ccccc2)cc1. The number of amides is 2. The maximum atomic E-state index is 14.1. The summed E-state index contributed by atoms with van der Waals surface area (Å²) >= 11 is 4.01. The number of carbonyl (C=O) groups excluding carboxylic acids is 4. The second-order valence-electron chi connectivity index (χ2n) is 11.9. The molecule has 5 aromatic carbocycles. The molecule has 2 atom stereocenters. The molecular weight excluding hydrogens is 642 g/mol. The predicted octanol–water partition coefficient (Wildman–Crippen LogP) is 7.30.